The molecular weight excluding hydrogens is 182 g/mol. The monoisotopic (exact) mass is 205 g/mol. The van der Waals surface area contributed by atoms with Crippen molar-refractivity contribution in [2.45, 2.75) is 40.0 Å². The van der Waals surface area contributed by atoms with Gasteiger partial charge in [-0.05, 0) is 48.9 Å². The molecule has 0 saturated heterocycles. The maximum Gasteiger partial charge on any atom is -0.000567 e. The summed E-state index contributed by atoms with van der Waals surface area (Å²) in [6, 6.07) is 6.72. The van der Waals surface area contributed by atoms with Crippen molar-refractivity contribution in [2.75, 3.05) is 6.54 Å². The van der Waals surface area contributed by atoms with E-state index in [1.54, 1.807) is 0 Å². The molecule has 0 aromatic heterocycles. The number of rotatable bonds is 4. The fourth-order valence-corrected chi connectivity index (χ4v) is 1.98. The highest BCUT2D eigenvalue weighted by Gasteiger charge is 2.16. The second-order valence-corrected chi connectivity index (χ2v) is 4.57. The van der Waals surface area contributed by atoms with E-state index in [0.29, 0.717) is 11.8 Å². The van der Waals surface area contributed by atoms with Gasteiger partial charge < -0.3 is 5.73 Å². The molecule has 0 aliphatic heterocycles. The summed E-state index contributed by atoms with van der Waals surface area (Å²) in [5.41, 5.74) is 10.00. The molecule has 84 valence electrons. The van der Waals surface area contributed by atoms with E-state index in [9.17, 15) is 0 Å². The van der Waals surface area contributed by atoms with Crippen LogP contribution in [0.3, 0.4) is 0 Å². The molecule has 1 aromatic rings. The van der Waals surface area contributed by atoms with Gasteiger partial charge in [0, 0.05) is 0 Å². The Morgan fingerprint density at radius 3 is 2.33 bits per heavy atom. The Kier molecular flexibility index (Phi) is 4.34. The third-order valence-electron chi connectivity index (χ3n) is 3.54. The number of hydrogen-bond acceptors (Lipinski definition) is 1. The van der Waals surface area contributed by atoms with Gasteiger partial charge in [-0.1, -0.05) is 38.5 Å². The average molecular weight is 205 g/mol. The lowest BCUT2D eigenvalue weighted by atomic mass is 9.84. The van der Waals surface area contributed by atoms with Crippen LogP contribution >= 0.6 is 0 Å². The van der Waals surface area contributed by atoms with Crippen LogP contribution in [0.4, 0.5) is 0 Å². The first-order chi connectivity index (χ1) is 7.10. The number of aryl methyl sites for hydroxylation is 2. The topological polar surface area (TPSA) is 26.0 Å². The molecule has 2 unspecified atom stereocenters. The van der Waals surface area contributed by atoms with Gasteiger partial charge in [-0.2, -0.15) is 0 Å². The first-order valence-electron chi connectivity index (χ1n) is 5.87. The highest BCUT2D eigenvalue weighted by atomic mass is 14.6. The van der Waals surface area contributed by atoms with Crippen molar-refractivity contribution < 1.29 is 0 Å². The summed E-state index contributed by atoms with van der Waals surface area (Å²) < 4.78 is 0. The molecule has 0 heterocycles. The van der Waals surface area contributed by atoms with Gasteiger partial charge in [0.1, 0.15) is 0 Å². The van der Waals surface area contributed by atoms with Crippen molar-refractivity contribution in [1.29, 1.82) is 0 Å². The predicted octanol–water partition coefficient (Wildman–Crippen LogP) is 3.39. The molecule has 2 N–H and O–H groups in total. The molecule has 0 bridgehead atoms. The van der Waals surface area contributed by atoms with Crippen LogP contribution < -0.4 is 5.73 Å². The van der Waals surface area contributed by atoms with Crippen molar-refractivity contribution >= 4 is 0 Å². The van der Waals surface area contributed by atoms with E-state index in [2.05, 4.69) is 45.9 Å². The molecule has 0 aliphatic carbocycles. The smallest absolute Gasteiger partial charge is 0.000567 e. The van der Waals surface area contributed by atoms with Crippen LogP contribution in [-0.2, 0) is 0 Å². The summed E-state index contributed by atoms with van der Waals surface area (Å²) in [4.78, 5) is 0. The molecule has 1 heteroatoms. The lowest BCUT2D eigenvalue weighted by molar-refractivity contribution is 0.452. The van der Waals surface area contributed by atoms with Crippen molar-refractivity contribution in [3.63, 3.8) is 0 Å². The minimum absolute atomic E-state index is 0.509. The average Bonchev–Trinajstić information content (AvgIpc) is 2.24. The van der Waals surface area contributed by atoms with Crippen LogP contribution in [0.1, 0.15) is 42.9 Å². The first kappa shape index (κ1) is 12.3. The molecule has 0 amide bonds. The summed E-state index contributed by atoms with van der Waals surface area (Å²) in [5.74, 6) is 1.17. The predicted molar refractivity (Wildman–Crippen MR) is 67.2 cm³/mol. The third kappa shape index (κ3) is 2.82. The quantitative estimate of drug-likeness (QED) is 0.801. The Balaban J connectivity index is 2.97. The van der Waals surface area contributed by atoms with E-state index in [1.807, 2.05) is 0 Å². The Morgan fingerprint density at radius 1 is 1.20 bits per heavy atom. The van der Waals surface area contributed by atoms with E-state index in [0.717, 1.165) is 6.54 Å². The standard InChI is InChI=1S/C14H23N/c1-5-10(2)14(9-15)13-7-6-11(3)12(4)8-13/h6-8,10,14H,5,9,15H2,1-4H3. The largest absolute Gasteiger partial charge is 0.330 e. The van der Waals surface area contributed by atoms with Crippen LogP contribution in [0, 0.1) is 19.8 Å². The van der Waals surface area contributed by atoms with Crippen LogP contribution in [-0.4, -0.2) is 6.54 Å². The molecule has 0 saturated carbocycles. The molecule has 1 aromatic carbocycles. The van der Waals surface area contributed by atoms with Gasteiger partial charge in [-0.15, -0.1) is 0 Å². The zero-order valence-corrected chi connectivity index (χ0v) is 10.4. The summed E-state index contributed by atoms with van der Waals surface area (Å²) in [6.45, 7) is 9.58. The summed E-state index contributed by atoms with van der Waals surface area (Å²) in [5, 5.41) is 0. The van der Waals surface area contributed by atoms with Crippen molar-refractivity contribution in [3.05, 3.63) is 34.9 Å². The lowest BCUT2D eigenvalue weighted by Gasteiger charge is -2.22. The number of nitrogens with two attached hydrogens (primary N) is 1. The molecule has 1 nitrogen and oxygen atoms in total. The maximum atomic E-state index is 5.87. The van der Waals surface area contributed by atoms with Gasteiger partial charge in [0.05, 0.1) is 0 Å². The Bertz CT molecular complexity index is 317. The fourth-order valence-electron chi connectivity index (χ4n) is 1.98. The summed E-state index contributed by atoms with van der Waals surface area (Å²) in [6.07, 6.45) is 1.19. The molecule has 0 aliphatic rings. The zero-order chi connectivity index (χ0) is 11.4. The third-order valence-corrected chi connectivity index (χ3v) is 3.54. The summed E-state index contributed by atoms with van der Waals surface area (Å²) in [7, 11) is 0. The van der Waals surface area contributed by atoms with E-state index in [1.165, 1.54) is 23.1 Å². The Labute approximate surface area is 93.7 Å². The van der Waals surface area contributed by atoms with Crippen LogP contribution in [0.2, 0.25) is 0 Å². The number of benzene rings is 1. The summed E-state index contributed by atoms with van der Waals surface area (Å²) >= 11 is 0. The van der Waals surface area contributed by atoms with Crippen molar-refractivity contribution in [2.24, 2.45) is 11.7 Å². The molecular formula is C14H23N. The van der Waals surface area contributed by atoms with E-state index in [-0.39, 0.29) is 0 Å². The SMILES string of the molecule is CCC(C)C(CN)c1ccc(C)c(C)c1. The minimum Gasteiger partial charge on any atom is -0.330 e. The number of hydrogen-bond donors (Lipinski definition) is 1. The minimum atomic E-state index is 0.509. The fraction of sp³-hybridized carbons (Fsp3) is 0.571. The Morgan fingerprint density at radius 2 is 1.87 bits per heavy atom. The van der Waals surface area contributed by atoms with Gasteiger partial charge in [0.15, 0.2) is 0 Å². The Hall–Kier alpha value is -0.820. The van der Waals surface area contributed by atoms with Crippen molar-refractivity contribution in [1.82, 2.24) is 0 Å². The van der Waals surface area contributed by atoms with Gasteiger partial charge in [0.2, 0.25) is 0 Å². The first-order valence-corrected chi connectivity index (χ1v) is 5.87. The highest BCUT2D eigenvalue weighted by molar-refractivity contribution is 5.32. The second-order valence-electron chi connectivity index (χ2n) is 4.57. The zero-order valence-electron chi connectivity index (χ0n) is 10.4. The van der Waals surface area contributed by atoms with E-state index >= 15 is 0 Å². The molecule has 0 spiro atoms. The van der Waals surface area contributed by atoms with Crippen LogP contribution in [0.25, 0.3) is 0 Å². The van der Waals surface area contributed by atoms with Crippen molar-refractivity contribution in [3.8, 4) is 0 Å². The van der Waals surface area contributed by atoms with Gasteiger partial charge in [-0.25, -0.2) is 0 Å². The van der Waals surface area contributed by atoms with Crippen LogP contribution in [0.15, 0.2) is 18.2 Å². The van der Waals surface area contributed by atoms with E-state index in [4.69, 9.17) is 5.73 Å². The molecule has 1 rings (SSSR count). The second kappa shape index (κ2) is 5.32. The molecule has 2 atom stereocenters. The van der Waals surface area contributed by atoms with Gasteiger partial charge in [0.25, 0.3) is 0 Å². The van der Waals surface area contributed by atoms with Gasteiger partial charge in [-0.3, -0.25) is 0 Å². The molecule has 15 heavy (non-hydrogen) atoms. The van der Waals surface area contributed by atoms with Gasteiger partial charge >= 0.3 is 0 Å². The van der Waals surface area contributed by atoms with Crippen LogP contribution in [0.5, 0.6) is 0 Å². The molecule has 0 radical (unpaired) electrons. The maximum absolute atomic E-state index is 5.87. The highest BCUT2D eigenvalue weighted by Crippen LogP contribution is 2.27. The normalized spacial score (nSPS) is 15.0. The lowest BCUT2D eigenvalue weighted by Crippen LogP contribution is -2.19. The van der Waals surface area contributed by atoms with E-state index < -0.39 is 0 Å². The molecule has 0 fully saturated rings.